The average molecular weight is 243 g/mol. The summed E-state index contributed by atoms with van der Waals surface area (Å²) in [5.41, 5.74) is 2.88. The molecule has 2 aliphatic rings. The van der Waals surface area contributed by atoms with E-state index in [-0.39, 0.29) is 17.6 Å². The molecule has 94 valence electrons. The second-order valence-corrected chi connectivity index (χ2v) is 5.48. The first-order valence-electron chi connectivity index (χ1n) is 6.51. The van der Waals surface area contributed by atoms with Crippen LogP contribution in [0.4, 0.5) is 5.69 Å². The van der Waals surface area contributed by atoms with Gasteiger partial charge in [-0.1, -0.05) is 6.92 Å². The van der Waals surface area contributed by atoms with Crippen LogP contribution in [0.5, 0.6) is 0 Å². The lowest BCUT2D eigenvalue weighted by atomic mass is 9.96. The normalized spacial score (nSPS) is 25.9. The van der Waals surface area contributed by atoms with Crippen molar-refractivity contribution in [1.82, 2.24) is 0 Å². The Kier molecular flexibility index (Phi) is 2.51. The molecule has 2 unspecified atom stereocenters. The zero-order valence-electron chi connectivity index (χ0n) is 10.8. The average Bonchev–Trinajstić information content (AvgIpc) is 3.10. The number of hydrogen-bond acceptors (Lipinski definition) is 2. The highest BCUT2D eigenvalue weighted by Crippen LogP contribution is 2.41. The zero-order valence-corrected chi connectivity index (χ0v) is 10.8. The molecule has 0 aromatic heterocycles. The first-order valence-corrected chi connectivity index (χ1v) is 6.51. The number of carbonyl (C=O) groups excluding carboxylic acids is 2. The van der Waals surface area contributed by atoms with Gasteiger partial charge in [-0.2, -0.15) is 0 Å². The van der Waals surface area contributed by atoms with E-state index in [2.05, 4.69) is 6.92 Å². The van der Waals surface area contributed by atoms with Gasteiger partial charge in [-0.3, -0.25) is 9.59 Å². The number of Topliss-reactive ketones (excluding diaryl/α,β-unsaturated/α-hetero) is 1. The van der Waals surface area contributed by atoms with Crippen LogP contribution in [-0.2, 0) is 11.2 Å². The Bertz CT molecular complexity index is 535. The Morgan fingerprint density at radius 1 is 1.33 bits per heavy atom. The van der Waals surface area contributed by atoms with Crippen LogP contribution >= 0.6 is 0 Å². The molecule has 3 nitrogen and oxygen atoms in total. The molecule has 0 radical (unpaired) electrons. The Morgan fingerprint density at radius 3 is 2.72 bits per heavy atom. The Morgan fingerprint density at radius 2 is 2.06 bits per heavy atom. The van der Waals surface area contributed by atoms with Gasteiger partial charge in [0.25, 0.3) is 0 Å². The van der Waals surface area contributed by atoms with Gasteiger partial charge in [-0.05, 0) is 42.5 Å². The molecule has 1 amide bonds. The number of carbonyl (C=O) groups is 2. The van der Waals surface area contributed by atoms with Gasteiger partial charge < -0.3 is 4.90 Å². The fourth-order valence-electron chi connectivity index (χ4n) is 2.71. The van der Waals surface area contributed by atoms with Crippen molar-refractivity contribution >= 4 is 17.4 Å². The van der Waals surface area contributed by atoms with Gasteiger partial charge in [0.15, 0.2) is 5.78 Å². The summed E-state index contributed by atoms with van der Waals surface area (Å²) >= 11 is 0. The number of rotatable bonds is 2. The summed E-state index contributed by atoms with van der Waals surface area (Å²) in [6.45, 7) is 2.12. The minimum absolute atomic E-state index is 0.150. The SMILES string of the molecule is CC1CC1C(=O)c1ccc2c(c1)CCC(=O)N2C. The third kappa shape index (κ3) is 1.74. The minimum atomic E-state index is 0.150. The largest absolute Gasteiger partial charge is 0.315 e. The predicted octanol–water partition coefficient (Wildman–Crippen LogP) is 2.43. The molecule has 1 aliphatic heterocycles. The molecule has 0 spiro atoms. The third-order valence-corrected chi connectivity index (χ3v) is 4.15. The molecule has 18 heavy (non-hydrogen) atoms. The first kappa shape index (κ1) is 11.5. The van der Waals surface area contributed by atoms with Crippen molar-refractivity contribution in [2.24, 2.45) is 11.8 Å². The van der Waals surface area contributed by atoms with E-state index in [1.807, 2.05) is 18.2 Å². The number of aryl methyl sites for hydroxylation is 1. The zero-order chi connectivity index (χ0) is 12.9. The second kappa shape index (κ2) is 3.94. The predicted molar refractivity (Wildman–Crippen MR) is 69.8 cm³/mol. The fourth-order valence-corrected chi connectivity index (χ4v) is 2.71. The quantitative estimate of drug-likeness (QED) is 0.748. The second-order valence-electron chi connectivity index (χ2n) is 5.48. The fraction of sp³-hybridized carbons (Fsp3) is 0.467. The van der Waals surface area contributed by atoms with Crippen LogP contribution in [0.25, 0.3) is 0 Å². The van der Waals surface area contributed by atoms with Crippen molar-refractivity contribution in [1.29, 1.82) is 0 Å². The highest BCUT2D eigenvalue weighted by molar-refractivity contribution is 6.01. The van der Waals surface area contributed by atoms with Gasteiger partial charge in [-0.25, -0.2) is 0 Å². The summed E-state index contributed by atoms with van der Waals surface area (Å²) in [4.78, 5) is 25.5. The van der Waals surface area contributed by atoms with Gasteiger partial charge >= 0.3 is 0 Å². The van der Waals surface area contributed by atoms with Crippen LogP contribution < -0.4 is 4.90 Å². The van der Waals surface area contributed by atoms with E-state index in [9.17, 15) is 9.59 Å². The smallest absolute Gasteiger partial charge is 0.227 e. The molecule has 3 heteroatoms. The van der Waals surface area contributed by atoms with E-state index in [1.165, 1.54) is 0 Å². The lowest BCUT2D eigenvalue weighted by Gasteiger charge is -2.26. The molecular formula is C15H17NO2. The molecule has 0 N–H and O–H groups in total. The highest BCUT2D eigenvalue weighted by atomic mass is 16.2. The van der Waals surface area contributed by atoms with E-state index in [0.717, 1.165) is 29.7 Å². The molecule has 1 fully saturated rings. The standard InChI is InChI=1S/C15H17NO2/c1-9-7-12(9)15(18)11-3-5-13-10(8-11)4-6-14(17)16(13)2/h3,5,8-9,12H,4,6-7H2,1-2H3. The van der Waals surface area contributed by atoms with Gasteiger partial charge in [0, 0.05) is 30.6 Å². The monoisotopic (exact) mass is 243 g/mol. The maximum atomic E-state index is 12.2. The minimum Gasteiger partial charge on any atom is -0.315 e. The van der Waals surface area contributed by atoms with Crippen LogP contribution in [0.1, 0.15) is 35.7 Å². The van der Waals surface area contributed by atoms with E-state index in [0.29, 0.717) is 12.3 Å². The number of nitrogens with zero attached hydrogens (tertiary/aromatic N) is 1. The molecule has 1 aromatic carbocycles. The third-order valence-electron chi connectivity index (χ3n) is 4.15. The van der Waals surface area contributed by atoms with Crippen LogP contribution in [0.3, 0.4) is 0 Å². The van der Waals surface area contributed by atoms with Gasteiger partial charge in [0.1, 0.15) is 0 Å². The number of hydrogen-bond donors (Lipinski definition) is 0. The Balaban J connectivity index is 1.92. The molecule has 0 saturated heterocycles. The van der Waals surface area contributed by atoms with Gasteiger partial charge in [0.2, 0.25) is 5.91 Å². The molecule has 0 bridgehead atoms. The molecule has 3 rings (SSSR count). The summed E-state index contributed by atoms with van der Waals surface area (Å²) in [7, 11) is 1.80. The van der Waals surface area contributed by atoms with Crippen LogP contribution in [0.2, 0.25) is 0 Å². The van der Waals surface area contributed by atoms with Gasteiger partial charge in [0.05, 0.1) is 0 Å². The van der Waals surface area contributed by atoms with Crippen LogP contribution in [0.15, 0.2) is 18.2 Å². The summed E-state index contributed by atoms with van der Waals surface area (Å²) < 4.78 is 0. The van der Waals surface area contributed by atoms with Crippen molar-refractivity contribution in [2.45, 2.75) is 26.2 Å². The van der Waals surface area contributed by atoms with Crippen molar-refractivity contribution < 1.29 is 9.59 Å². The van der Waals surface area contributed by atoms with Crippen LogP contribution in [0, 0.1) is 11.8 Å². The van der Waals surface area contributed by atoms with Crippen molar-refractivity contribution in [3.63, 3.8) is 0 Å². The number of amides is 1. The Hall–Kier alpha value is -1.64. The van der Waals surface area contributed by atoms with E-state index in [1.54, 1.807) is 11.9 Å². The number of benzene rings is 1. The topological polar surface area (TPSA) is 37.4 Å². The van der Waals surface area contributed by atoms with Crippen molar-refractivity contribution in [3.05, 3.63) is 29.3 Å². The molecule has 1 heterocycles. The molecule has 1 aliphatic carbocycles. The molecule has 1 saturated carbocycles. The lowest BCUT2D eigenvalue weighted by molar-refractivity contribution is -0.118. The van der Waals surface area contributed by atoms with E-state index < -0.39 is 0 Å². The van der Waals surface area contributed by atoms with E-state index >= 15 is 0 Å². The summed E-state index contributed by atoms with van der Waals surface area (Å²) in [6.07, 6.45) is 2.31. The van der Waals surface area contributed by atoms with Crippen molar-refractivity contribution in [2.75, 3.05) is 11.9 Å². The van der Waals surface area contributed by atoms with Gasteiger partial charge in [-0.15, -0.1) is 0 Å². The molecule has 2 atom stereocenters. The summed E-state index contributed by atoms with van der Waals surface area (Å²) in [5, 5.41) is 0. The maximum absolute atomic E-state index is 12.2. The van der Waals surface area contributed by atoms with E-state index in [4.69, 9.17) is 0 Å². The summed E-state index contributed by atoms with van der Waals surface area (Å²) in [5.74, 6) is 1.19. The lowest BCUT2D eigenvalue weighted by Crippen LogP contribution is -2.31. The number of anilines is 1. The molecular weight excluding hydrogens is 226 g/mol. The molecule has 1 aromatic rings. The Labute approximate surface area is 107 Å². The van der Waals surface area contributed by atoms with Crippen molar-refractivity contribution in [3.8, 4) is 0 Å². The highest BCUT2D eigenvalue weighted by Gasteiger charge is 2.39. The number of fused-ring (bicyclic) bond motifs is 1. The maximum Gasteiger partial charge on any atom is 0.227 e. The first-order chi connectivity index (χ1) is 8.58. The number of ketones is 1. The van der Waals surface area contributed by atoms with Crippen LogP contribution in [-0.4, -0.2) is 18.7 Å². The summed E-state index contributed by atoms with van der Waals surface area (Å²) in [6, 6.07) is 5.75.